The van der Waals surface area contributed by atoms with E-state index in [1.54, 1.807) is 91.0 Å². The number of hydrogen-bond acceptors (Lipinski definition) is 25. The number of carbonyl (C=O) groups excluding carboxylic acids is 8. The maximum atomic E-state index is 12.1. The molecule has 3 saturated heterocycles. The third-order valence-corrected chi connectivity index (χ3v) is 21.7. The van der Waals surface area contributed by atoms with Gasteiger partial charge in [0.15, 0.2) is 0 Å². The standard InChI is InChI=1S/C15H18N2O4.2C15H17NO4.2C8H16N2O4.C8H12N2O2.C8H15NO3.C8H9NO3/c18-12-7-6-10(8-9-16-12)13(15(20)21)17-14(19)11-4-2-1-3-5-11;2*17-12-8-6-10(7-9-12)13(15(19)20)16-14(18)11-4-2-1-3-5-11;2*9-4-3-5(1-2-6(11)12)7(10)8(13)14;11-6-2-1-5-3-4-9-8(12)7(5)10-6;2*9-7(8(11)12)5-1-3-6(10)4-2-5/h1-5,10,13H,6-9H2,(H,16,18)(H,17,19)(H,20,21);2*1-5,10,13H,6-9H2,(H,16,18)(H,19,20);2*5,7H,1-4,9-10H2,(H,11,12)(H,13,14);5,7H,1-4H2,(H,9,12)(H,10,11);5-7,10H,1-4,9H2,(H,11,12);1-4,7,10H,9H2,(H,11,12). The molecule has 3 aliphatic heterocycles. The van der Waals surface area contributed by atoms with Gasteiger partial charge in [-0.15, -0.1) is 0 Å². The summed E-state index contributed by atoms with van der Waals surface area (Å²) in [6.45, 7) is 1.82. The second kappa shape index (κ2) is 57.3. The molecule has 6 aliphatic rings. The van der Waals surface area contributed by atoms with Crippen LogP contribution >= 0.6 is 0 Å². The number of benzene rings is 4. The molecule has 4 aromatic rings. The number of aliphatic hydroxyl groups is 1. The maximum absolute atomic E-state index is 12.1. The van der Waals surface area contributed by atoms with Crippen molar-refractivity contribution in [3.63, 3.8) is 0 Å². The minimum Gasteiger partial charge on any atom is -0.508 e. The number of aromatic hydroxyl groups is 1. The van der Waals surface area contributed by atoms with Crippen LogP contribution in [0.15, 0.2) is 115 Å². The SMILES string of the molecule is NC(C(=O)O)C1CCC(O)CC1.NC(C(=O)O)c1ccc(O)cc1.NCCC(CCC(=O)O)C(N)C(=O)O.NCCC(CCC(=O)O)C(N)C(=O)O.O=C1CCC(C(NC(=O)c2ccccc2)C(=O)O)CC1.O=C1CCC(C(NC(=O)c2ccccc2)C(=O)O)CC1.O=C1CCC(C(NC(=O)c2ccccc2)C(=O)O)CCN1.O=C1CCC2CCNC(=O)C2N1. The van der Waals surface area contributed by atoms with Gasteiger partial charge in [0.2, 0.25) is 17.7 Å². The Balaban J connectivity index is 0.000000372. The van der Waals surface area contributed by atoms with Crippen LogP contribution in [0.4, 0.5) is 0 Å². The molecule has 12 atom stereocenters. The number of aliphatic hydroxyl groups excluding tert-OH is 1. The number of fused-ring (bicyclic) bond motifs is 1. The van der Waals surface area contributed by atoms with Crippen molar-refractivity contribution >= 4 is 101 Å². The molecule has 0 radical (unpaired) electrons. The molecular formula is C85H120N12O28. The Morgan fingerprint density at radius 2 is 0.744 bits per heavy atom. The van der Waals surface area contributed by atoms with E-state index < -0.39 is 114 Å². The molecule has 12 unspecified atom stereocenters. The molecule has 688 valence electrons. The van der Waals surface area contributed by atoms with Crippen molar-refractivity contribution in [1.82, 2.24) is 31.9 Å². The van der Waals surface area contributed by atoms with Crippen LogP contribution in [0.2, 0.25) is 0 Å². The molecule has 3 heterocycles. The topological polar surface area (TPSA) is 741 Å². The number of nitrogens with one attached hydrogen (secondary N) is 6. The van der Waals surface area contributed by atoms with Gasteiger partial charge < -0.3 is 122 Å². The lowest BCUT2D eigenvalue weighted by Crippen LogP contribution is -2.57. The molecule has 0 spiro atoms. The minimum absolute atomic E-state index is 0.00769. The summed E-state index contributed by atoms with van der Waals surface area (Å²) in [5.74, 6) is -11.1. The number of aliphatic carboxylic acids is 9. The van der Waals surface area contributed by atoms with E-state index in [1.165, 1.54) is 24.3 Å². The first-order chi connectivity index (χ1) is 59.2. The highest BCUT2D eigenvalue weighted by atomic mass is 16.4. The average Bonchev–Trinajstić information content (AvgIpc) is 2.05. The first-order valence-corrected chi connectivity index (χ1v) is 41.1. The zero-order valence-corrected chi connectivity index (χ0v) is 69.3. The molecule has 125 heavy (non-hydrogen) atoms. The second-order valence-corrected chi connectivity index (χ2v) is 30.7. The van der Waals surface area contributed by atoms with Gasteiger partial charge in [-0.2, -0.15) is 0 Å². The molecule has 3 aliphatic carbocycles. The van der Waals surface area contributed by atoms with Crippen LogP contribution in [-0.4, -0.2) is 231 Å². The Labute approximate surface area is 721 Å². The number of hydrogen-bond donors (Lipinski definition) is 23. The number of carbonyl (C=O) groups is 17. The number of rotatable bonds is 30. The van der Waals surface area contributed by atoms with Crippen LogP contribution < -0.4 is 66.3 Å². The van der Waals surface area contributed by atoms with E-state index in [0.717, 1.165) is 32.2 Å². The van der Waals surface area contributed by atoms with Crippen molar-refractivity contribution in [2.75, 3.05) is 26.2 Å². The summed E-state index contributed by atoms with van der Waals surface area (Å²) < 4.78 is 0. The molecule has 0 bridgehead atoms. The number of amides is 6. The Morgan fingerprint density at radius 3 is 1.09 bits per heavy atom. The van der Waals surface area contributed by atoms with Crippen molar-refractivity contribution in [2.24, 2.45) is 75.8 Å². The molecule has 40 heteroatoms. The second-order valence-electron chi connectivity index (χ2n) is 30.7. The Kier molecular flexibility index (Phi) is 49.0. The van der Waals surface area contributed by atoms with Gasteiger partial charge in [0.25, 0.3) is 17.7 Å². The summed E-state index contributed by atoms with van der Waals surface area (Å²) in [5, 5.41) is 113. The molecule has 40 nitrogen and oxygen atoms in total. The van der Waals surface area contributed by atoms with E-state index in [4.69, 9.17) is 75.3 Å². The van der Waals surface area contributed by atoms with E-state index in [0.29, 0.717) is 144 Å². The molecule has 6 fully saturated rings. The summed E-state index contributed by atoms with van der Waals surface area (Å²) >= 11 is 0. The molecule has 6 amide bonds. The zero-order valence-electron chi connectivity index (χ0n) is 69.3. The van der Waals surface area contributed by atoms with Gasteiger partial charge in [0.05, 0.1) is 6.10 Å². The molecule has 0 aromatic heterocycles. The van der Waals surface area contributed by atoms with Gasteiger partial charge in [-0.25, -0.2) is 14.4 Å². The lowest BCUT2D eigenvalue weighted by Gasteiger charge is -2.34. The van der Waals surface area contributed by atoms with Gasteiger partial charge in [-0.1, -0.05) is 66.7 Å². The van der Waals surface area contributed by atoms with E-state index in [1.807, 2.05) is 0 Å². The van der Waals surface area contributed by atoms with Gasteiger partial charge in [0, 0.05) is 81.1 Å². The van der Waals surface area contributed by atoms with Crippen molar-refractivity contribution in [2.45, 2.75) is 209 Å². The Morgan fingerprint density at radius 1 is 0.384 bits per heavy atom. The third-order valence-electron chi connectivity index (χ3n) is 21.7. The average molecular weight is 1760 g/mol. The summed E-state index contributed by atoms with van der Waals surface area (Å²) in [7, 11) is 0. The van der Waals surface area contributed by atoms with Crippen molar-refractivity contribution < 1.29 is 138 Å². The predicted octanol–water partition coefficient (Wildman–Crippen LogP) is 2.33. The summed E-state index contributed by atoms with van der Waals surface area (Å²) in [4.78, 5) is 189. The van der Waals surface area contributed by atoms with Crippen LogP contribution in [0, 0.1) is 41.4 Å². The largest absolute Gasteiger partial charge is 0.508 e. The number of carboxylic acid groups (broad SMARTS) is 9. The smallest absolute Gasteiger partial charge is 0.326 e. The van der Waals surface area contributed by atoms with Crippen LogP contribution in [-0.2, 0) is 67.1 Å². The minimum atomic E-state index is -1.12. The van der Waals surface area contributed by atoms with Crippen molar-refractivity contribution in [3.8, 4) is 5.75 Å². The summed E-state index contributed by atoms with van der Waals surface area (Å²) in [6.07, 6.45) is 11.2. The fourth-order valence-electron chi connectivity index (χ4n) is 14.3. The Hall–Kier alpha value is -12.2. The lowest BCUT2D eigenvalue weighted by atomic mass is 9.83. The predicted molar refractivity (Wildman–Crippen MR) is 448 cm³/mol. The highest BCUT2D eigenvalue weighted by molar-refractivity contribution is 5.98. The molecule has 10 rings (SSSR count). The highest BCUT2D eigenvalue weighted by Gasteiger charge is 2.39. The first kappa shape index (κ1) is 107. The summed E-state index contributed by atoms with van der Waals surface area (Å²) in [6, 6.07) is 24.4. The maximum Gasteiger partial charge on any atom is 0.326 e. The molecular weight excluding hydrogens is 1640 g/mol. The van der Waals surface area contributed by atoms with Crippen LogP contribution in [0.5, 0.6) is 5.75 Å². The fourth-order valence-corrected chi connectivity index (χ4v) is 14.3. The fraction of sp³-hybridized carbons (Fsp3) is 0.518. The van der Waals surface area contributed by atoms with E-state index in [9.17, 15) is 96.8 Å². The zero-order chi connectivity index (χ0) is 93.4. The van der Waals surface area contributed by atoms with Crippen LogP contribution in [0.25, 0.3) is 0 Å². The summed E-state index contributed by atoms with van der Waals surface area (Å²) in [5.41, 5.74) is 33.9. The number of piperidine rings is 2. The van der Waals surface area contributed by atoms with Crippen molar-refractivity contribution in [3.05, 3.63) is 138 Å². The van der Waals surface area contributed by atoms with Gasteiger partial charge in [-0.05, 0) is 211 Å². The quantitative estimate of drug-likeness (QED) is 0.0356. The van der Waals surface area contributed by atoms with E-state index in [2.05, 4.69) is 31.9 Å². The van der Waals surface area contributed by atoms with Crippen molar-refractivity contribution in [1.29, 1.82) is 0 Å². The number of carboxylic acids is 9. The number of ketones is 2. The number of phenolic OH excluding ortho intramolecular Hbond substituents is 1. The number of nitrogens with two attached hydrogens (primary N) is 6. The first-order valence-electron chi connectivity index (χ1n) is 41.1. The highest BCUT2D eigenvalue weighted by Crippen LogP contribution is 2.30. The van der Waals surface area contributed by atoms with Gasteiger partial charge >= 0.3 is 53.7 Å². The van der Waals surface area contributed by atoms with Gasteiger partial charge in [0.1, 0.15) is 65.7 Å². The third kappa shape index (κ3) is 40.8. The molecule has 3 saturated carbocycles. The monoisotopic (exact) mass is 1760 g/mol. The van der Waals surface area contributed by atoms with Gasteiger partial charge in [-0.3, -0.25) is 67.1 Å². The lowest BCUT2D eigenvalue weighted by molar-refractivity contribution is -0.142. The molecule has 29 N–H and O–H groups in total. The number of Topliss-reactive ketones (excluding diaryl/α,β-unsaturated/α-hetero) is 2. The van der Waals surface area contributed by atoms with E-state index in [-0.39, 0.29) is 115 Å². The number of phenols is 1. The molecule has 4 aromatic carbocycles. The van der Waals surface area contributed by atoms with E-state index >= 15 is 0 Å². The van der Waals surface area contributed by atoms with Crippen LogP contribution in [0.1, 0.15) is 197 Å². The van der Waals surface area contributed by atoms with Crippen LogP contribution in [0.3, 0.4) is 0 Å². The normalized spacial score (nSPS) is 20.0. The Bertz CT molecular complexity index is 4000.